The average molecular weight is 314 g/mol. The standard InChI is InChI=1S/C16H18N4O3/c1-10(18-16(22)11(2)20-7-3-6-17-20)12-4-5-14-13(8-12)19-15(21)9-23-14/h3-8,10-11H,9H2,1-2H3,(H,18,22)(H,19,21)/t10-,11+/m1/s1. The van der Waals surface area contributed by atoms with Gasteiger partial charge in [-0.05, 0) is 37.6 Å². The molecule has 2 amide bonds. The van der Waals surface area contributed by atoms with Crippen LogP contribution in [0.2, 0.25) is 0 Å². The molecule has 0 bridgehead atoms. The molecule has 0 saturated carbocycles. The van der Waals surface area contributed by atoms with E-state index in [0.717, 1.165) is 5.56 Å². The minimum absolute atomic E-state index is 0.0278. The Morgan fingerprint density at radius 2 is 2.26 bits per heavy atom. The monoisotopic (exact) mass is 314 g/mol. The summed E-state index contributed by atoms with van der Waals surface area (Å²) in [6.45, 7) is 3.71. The van der Waals surface area contributed by atoms with Gasteiger partial charge in [0.2, 0.25) is 5.91 Å². The number of amides is 2. The number of ether oxygens (including phenoxy) is 1. The normalized spacial score (nSPS) is 15.8. The Balaban J connectivity index is 1.71. The fraction of sp³-hybridized carbons (Fsp3) is 0.312. The molecular weight excluding hydrogens is 296 g/mol. The fourth-order valence-corrected chi connectivity index (χ4v) is 2.42. The molecule has 0 saturated heterocycles. The van der Waals surface area contributed by atoms with Crippen LogP contribution in [-0.4, -0.2) is 28.2 Å². The lowest BCUT2D eigenvalue weighted by molar-refractivity contribution is -0.124. The summed E-state index contributed by atoms with van der Waals surface area (Å²) in [5, 5.41) is 9.79. The Kier molecular flexibility index (Phi) is 4.01. The fourth-order valence-electron chi connectivity index (χ4n) is 2.42. The Bertz CT molecular complexity index is 727. The van der Waals surface area contributed by atoms with Gasteiger partial charge in [-0.25, -0.2) is 0 Å². The third-order valence-corrected chi connectivity index (χ3v) is 3.80. The lowest BCUT2D eigenvalue weighted by Crippen LogP contribution is -2.33. The van der Waals surface area contributed by atoms with Crippen LogP contribution in [0.5, 0.6) is 5.75 Å². The molecule has 0 spiro atoms. The highest BCUT2D eigenvalue weighted by molar-refractivity contribution is 5.95. The van der Waals surface area contributed by atoms with Gasteiger partial charge in [0, 0.05) is 12.4 Å². The number of carbonyl (C=O) groups excluding carboxylic acids is 2. The van der Waals surface area contributed by atoms with Crippen molar-refractivity contribution in [2.24, 2.45) is 0 Å². The van der Waals surface area contributed by atoms with E-state index in [1.807, 2.05) is 19.1 Å². The van der Waals surface area contributed by atoms with Gasteiger partial charge < -0.3 is 15.4 Å². The van der Waals surface area contributed by atoms with Gasteiger partial charge in [0.25, 0.3) is 5.91 Å². The number of hydrogen-bond donors (Lipinski definition) is 2. The SMILES string of the molecule is C[C@@H](NC(=O)[C@H](C)n1cccn1)c1ccc2c(c1)NC(=O)CO2. The third kappa shape index (κ3) is 3.18. The number of nitrogens with one attached hydrogen (secondary N) is 2. The molecule has 3 rings (SSSR count). The van der Waals surface area contributed by atoms with Crippen molar-refractivity contribution in [1.82, 2.24) is 15.1 Å². The number of anilines is 1. The zero-order valence-electron chi connectivity index (χ0n) is 12.9. The number of rotatable bonds is 4. The lowest BCUT2D eigenvalue weighted by atomic mass is 10.1. The molecule has 1 aliphatic rings. The van der Waals surface area contributed by atoms with Crippen LogP contribution >= 0.6 is 0 Å². The molecular formula is C16H18N4O3. The van der Waals surface area contributed by atoms with E-state index in [9.17, 15) is 9.59 Å². The second kappa shape index (κ2) is 6.12. The van der Waals surface area contributed by atoms with Gasteiger partial charge in [-0.3, -0.25) is 14.3 Å². The number of aromatic nitrogens is 2. The summed E-state index contributed by atoms with van der Waals surface area (Å²) in [5.41, 5.74) is 1.51. The van der Waals surface area contributed by atoms with Gasteiger partial charge in [0.05, 0.1) is 11.7 Å². The van der Waals surface area contributed by atoms with E-state index in [-0.39, 0.29) is 24.5 Å². The maximum atomic E-state index is 12.3. The van der Waals surface area contributed by atoms with Crippen molar-refractivity contribution in [3.05, 3.63) is 42.2 Å². The predicted octanol–water partition coefficient (Wildman–Crippen LogP) is 1.65. The smallest absolute Gasteiger partial charge is 0.262 e. The van der Waals surface area contributed by atoms with Gasteiger partial charge in [-0.1, -0.05) is 6.07 Å². The average Bonchev–Trinajstić information content (AvgIpc) is 3.07. The zero-order chi connectivity index (χ0) is 16.4. The Morgan fingerprint density at radius 3 is 3.00 bits per heavy atom. The second-order valence-electron chi connectivity index (χ2n) is 5.48. The maximum Gasteiger partial charge on any atom is 0.262 e. The van der Waals surface area contributed by atoms with E-state index in [1.165, 1.54) is 0 Å². The topological polar surface area (TPSA) is 85.3 Å². The summed E-state index contributed by atoms with van der Waals surface area (Å²) >= 11 is 0. The number of carbonyl (C=O) groups is 2. The van der Waals surface area contributed by atoms with Crippen molar-refractivity contribution in [1.29, 1.82) is 0 Å². The molecule has 7 nitrogen and oxygen atoms in total. The Hall–Kier alpha value is -2.83. The van der Waals surface area contributed by atoms with Crippen LogP contribution in [0.3, 0.4) is 0 Å². The van der Waals surface area contributed by atoms with E-state index < -0.39 is 6.04 Å². The van der Waals surface area contributed by atoms with E-state index in [1.54, 1.807) is 36.1 Å². The van der Waals surface area contributed by atoms with Crippen LogP contribution in [0, 0.1) is 0 Å². The minimum atomic E-state index is -0.395. The Labute approximate surface area is 133 Å². The molecule has 1 aromatic heterocycles. The molecule has 0 unspecified atom stereocenters. The van der Waals surface area contributed by atoms with Crippen molar-refractivity contribution in [2.45, 2.75) is 25.9 Å². The van der Waals surface area contributed by atoms with E-state index >= 15 is 0 Å². The highest BCUT2D eigenvalue weighted by Crippen LogP contribution is 2.30. The first kappa shape index (κ1) is 15.1. The molecule has 1 aliphatic heterocycles. The second-order valence-corrected chi connectivity index (χ2v) is 5.48. The van der Waals surface area contributed by atoms with Gasteiger partial charge in [-0.15, -0.1) is 0 Å². The first-order valence-electron chi connectivity index (χ1n) is 7.40. The summed E-state index contributed by atoms with van der Waals surface area (Å²) < 4.78 is 6.93. The Morgan fingerprint density at radius 1 is 1.43 bits per heavy atom. The number of hydrogen-bond acceptors (Lipinski definition) is 4. The highest BCUT2D eigenvalue weighted by atomic mass is 16.5. The maximum absolute atomic E-state index is 12.3. The van der Waals surface area contributed by atoms with E-state index in [0.29, 0.717) is 11.4 Å². The van der Waals surface area contributed by atoms with Crippen molar-refractivity contribution in [3.63, 3.8) is 0 Å². The number of benzene rings is 1. The number of nitrogens with zero attached hydrogens (tertiary/aromatic N) is 2. The first-order chi connectivity index (χ1) is 11.0. The molecule has 23 heavy (non-hydrogen) atoms. The largest absolute Gasteiger partial charge is 0.482 e. The van der Waals surface area contributed by atoms with Crippen molar-refractivity contribution in [3.8, 4) is 5.75 Å². The molecule has 0 fully saturated rings. The van der Waals surface area contributed by atoms with Gasteiger partial charge in [-0.2, -0.15) is 5.10 Å². The first-order valence-corrected chi connectivity index (χ1v) is 7.40. The molecule has 0 radical (unpaired) electrons. The van der Waals surface area contributed by atoms with Crippen LogP contribution in [-0.2, 0) is 9.59 Å². The molecule has 120 valence electrons. The van der Waals surface area contributed by atoms with E-state index in [2.05, 4.69) is 15.7 Å². The highest BCUT2D eigenvalue weighted by Gasteiger charge is 2.20. The molecule has 7 heteroatoms. The van der Waals surface area contributed by atoms with Crippen molar-refractivity contribution < 1.29 is 14.3 Å². The molecule has 2 heterocycles. The molecule has 1 aromatic carbocycles. The summed E-state index contributed by atoms with van der Waals surface area (Å²) in [6, 6.07) is 6.66. The van der Waals surface area contributed by atoms with Crippen LogP contribution < -0.4 is 15.4 Å². The van der Waals surface area contributed by atoms with Gasteiger partial charge >= 0.3 is 0 Å². The third-order valence-electron chi connectivity index (χ3n) is 3.80. The summed E-state index contributed by atoms with van der Waals surface area (Å²) in [4.78, 5) is 23.7. The van der Waals surface area contributed by atoms with Crippen LogP contribution in [0.15, 0.2) is 36.7 Å². The quantitative estimate of drug-likeness (QED) is 0.898. The molecule has 0 aliphatic carbocycles. The lowest BCUT2D eigenvalue weighted by Gasteiger charge is -2.22. The zero-order valence-corrected chi connectivity index (χ0v) is 12.9. The molecule has 2 aromatic rings. The molecule has 2 atom stereocenters. The van der Waals surface area contributed by atoms with Gasteiger partial charge in [0.15, 0.2) is 6.61 Å². The minimum Gasteiger partial charge on any atom is -0.482 e. The molecule has 2 N–H and O–H groups in total. The number of fused-ring (bicyclic) bond motifs is 1. The van der Waals surface area contributed by atoms with E-state index in [4.69, 9.17) is 4.74 Å². The van der Waals surface area contributed by atoms with Crippen LogP contribution in [0.25, 0.3) is 0 Å². The van der Waals surface area contributed by atoms with Crippen LogP contribution in [0.4, 0.5) is 5.69 Å². The summed E-state index contributed by atoms with van der Waals surface area (Å²) in [5.74, 6) is 0.328. The van der Waals surface area contributed by atoms with Gasteiger partial charge in [0.1, 0.15) is 11.8 Å². The predicted molar refractivity (Wildman–Crippen MR) is 84.1 cm³/mol. The van der Waals surface area contributed by atoms with Crippen molar-refractivity contribution in [2.75, 3.05) is 11.9 Å². The summed E-state index contributed by atoms with van der Waals surface area (Å²) in [7, 11) is 0. The van der Waals surface area contributed by atoms with Crippen molar-refractivity contribution >= 4 is 17.5 Å². The van der Waals surface area contributed by atoms with Crippen LogP contribution in [0.1, 0.15) is 31.5 Å². The summed E-state index contributed by atoms with van der Waals surface area (Å²) in [6.07, 6.45) is 3.39.